The number of carbonyl (C=O) groups is 1. The third-order valence-corrected chi connectivity index (χ3v) is 3.19. The number of hydrogen-bond donors (Lipinski definition) is 0. The van der Waals surface area contributed by atoms with Crippen LogP contribution in [0.15, 0.2) is 36.5 Å². The molecule has 0 spiro atoms. The van der Waals surface area contributed by atoms with Gasteiger partial charge in [0.25, 0.3) is 0 Å². The molecular weight excluding hydrogens is 324 g/mol. The van der Waals surface area contributed by atoms with Gasteiger partial charge in [-0.15, -0.1) is 0 Å². The SMILES string of the molecule is COC(=O)CCN(c1ccccc1)c1nc(Cl)ncc1[N+](=O)[O-]. The lowest BCUT2D eigenvalue weighted by atomic mass is 10.2. The van der Waals surface area contributed by atoms with Crippen LogP contribution in [-0.4, -0.2) is 34.5 Å². The average molecular weight is 337 g/mol. The van der Waals surface area contributed by atoms with Gasteiger partial charge in [0.2, 0.25) is 11.1 Å². The first-order chi connectivity index (χ1) is 11.0. The molecule has 0 saturated heterocycles. The Bertz CT molecular complexity index is 711. The van der Waals surface area contributed by atoms with E-state index in [1.807, 2.05) is 6.07 Å². The molecule has 2 aromatic rings. The van der Waals surface area contributed by atoms with Crippen molar-refractivity contribution in [3.63, 3.8) is 0 Å². The van der Waals surface area contributed by atoms with E-state index in [1.54, 1.807) is 24.3 Å². The summed E-state index contributed by atoms with van der Waals surface area (Å²) in [5.74, 6) is -0.418. The van der Waals surface area contributed by atoms with E-state index in [4.69, 9.17) is 11.6 Å². The van der Waals surface area contributed by atoms with E-state index in [9.17, 15) is 14.9 Å². The smallest absolute Gasteiger partial charge is 0.330 e. The number of nitrogens with zero attached hydrogens (tertiary/aromatic N) is 4. The zero-order valence-electron chi connectivity index (χ0n) is 12.2. The number of nitro groups is 1. The standard InChI is InChI=1S/C14H13ClN4O4/c1-23-12(20)7-8-18(10-5-3-2-4-6-10)13-11(19(21)22)9-16-14(15)17-13/h2-6,9H,7-8H2,1H3. The van der Waals surface area contributed by atoms with E-state index in [0.29, 0.717) is 5.69 Å². The molecule has 1 aromatic heterocycles. The summed E-state index contributed by atoms with van der Waals surface area (Å²) in [7, 11) is 1.28. The minimum absolute atomic E-state index is 0.0186. The second kappa shape index (κ2) is 7.50. The monoisotopic (exact) mass is 336 g/mol. The van der Waals surface area contributed by atoms with Gasteiger partial charge in [0.05, 0.1) is 18.5 Å². The van der Waals surface area contributed by atoms with Crippen molar-refractivity contribution in [2.75, 3.05) is 18.6 Å². The lowest BCUT2D eigenvalue weighted by Crippen LogP contribution is -2.23. The summed E-state index contributed by atoms with van der Waals surface area (Å²) in [4.78, 5) is 31.2. The van der Waals surface area contributed by atoms with Crippen LogP contribution in [0, 0.1) is 10.1 Å². The molecule has 0 aliphatic rings. The highest BCUT2D eigenvalue weighted by Crippen LogP contribution is 2.32. The Morgan fingerprint density at radius 3 is 2.70 bits per heavy atom. The van der Waals surface area contributed by atoms with E-state index in [2.05, 4.69) is 14.7 Å². The van der Waals surface area contributed by atoms with Crippen LogP contribution in [0.4, 0.5) is 17.2 Å². The highest BCUT2D eigenvalue weighted by molar-refractivity contribution is 6.28. The van der Waals surface area contributed by atoms with Crippen molar-refractivity contribution in [3.8, 4) is 0 Å². The summed E-state index contributed by atoms with van der Waals surface area (Å²) in [6, 6.07) is 8.85. The minimum Gasteiger partial charge on any atom is -0.469 e. The predicted octanol–water partition coefficient (Wildman–Crippen LogP) is 2.74. The van der Waals surface area contributed by atoms with Gasteiger partial charge in [-0.3, -0.25) is 14.9 Å². The summed E-state index contributed by atoms with van der Waals surface area (Å²) in [5.41, 5.74) is 0.331. The van der Waals surface area contributed by atoms with E-state index in [1.165, 1.54) is 12.0 Å². The molecule has 8 nitrogen and oxygen atoms in total. The van der Waals surface area contributed by atoms with Gasteiger partial charge < -0.3 is 9.64 Å². The minimum atomic E-state index is -0.597. The van der Waals surface area contributed by atoms with Gasteiger partial charge in [0.1, 0.15) is 6.20 Å². The Labute approximate surface area is 136 Å². The van der Waals surface area contributed by atoms with Crippen molar-refractivity contribution in [2.45, 2.75) is 6.42 Å². The van der Waals surface area contributed by atoms with E-state index in [0.717, 1.165) is 6.20 Å². The summed E-state index contributed by atoms with van der Waals surface area (Å²) < 4.78 is 4.62. The van der Waals surface area contributed by atoms with E-state index in [-0.39, 0.29) is 29.8 Å². The molecule has 0 aliphatic heterocycles. The molecule has 9 heteroatoms. The van der Waals surface area contributed by atoms with Crippen molar-refractivity contribution in [3.05, 3.63) is 51.9 Å². The Balaban J connectivity index is 2.47. The Hall–Kier alpha value is -2.74. The van der Waals surface area contributed by atoms with Gasteiger partial charge in [-0.25, -0.2) is 4.98 Å². The maximum atomic E-state index is 11.4. The first-order valence-corrected chi connectivity index (χ1v) is 6.97. The number of ether oxygens (including phenoxy) is 1. The number of aromatic nitrogens is 2. The summed E-state index contributed by atoms with van der Waals surface area (Å²) in [6.07, 6.45) is 1.07. The Kier molecular flexibility index (Phi) is 5.42. The quantitative estimate of drug-likeness (QED) is 0.346. The molecule has 0 radical (unpaired) electrons. The second-order valence-electron chi connectivity index (χ2n) is 4.42. The van der Waals surface area contributed by atoms with Crippen molar-refractivity contribution in [1.82, 2.24) is 9.97 Å². The topological polar surface area (TPSA) is 98.5 Å². The van der Waals surface area contributed by atoms with Crippen molar-refractivity contribution in [1.29, 1.82) is 0 Å². The molecule has 1 heterocycles. The lowest BCUT2D eigenvalue weighted by Gasteiger charge is -2.23. The fourth-order valence-electron chi connectivity index (χ4n) is 1.94. The molecule has 120 valence electrons. The number of rotatable bonds is 6. The molecule has 0 amide bonds. The number of hydrogen-bond acceptors (Lipinski definition) is 7. The molecule has 0 bridgehead atoms. The maximum absolute atomic E-state index is 11.4. The zero-order valence-corrected chi connectivity index (χ0v) is 12.9. The first-order valence-electron chi connectivity index (χ1n) is 6.59. The summed E-state index contributed by atoms with van der Waals surface area (Å²) in [5, 5.41) is 11.1. The van der Waals surface area contributed by atoms with Gasteiger partial charge in [0, 0.05) is 12.2 Å². The van der Waals surface area contributed by atoms with Crippen molar-refractivity contribution < 1.29 is 14.5 Å². The highest BCUT2D eigenvalue weighted by atomic mass is 35.5. The number of para-hydroxylation sites is 1. The van der Waals surface area contributed by atoms with Crippen LogP contribution in [0.25, 0.3) is 0 Å². The molecule has 0 saturated carbocycles. The van der Waals surface area contributed by atoms with Crippen LogP contribution in [-0.2, 0) is 9.53 Å². The molecule has 2 rings (SSSR count). The van der Waals surface area contributed by atoms with Crippen molar-refractivity contribution in [2.24, 2.45) is 0 Å². The lowest BCUT2D eigenvalue weighted by molar-refractivity contribution is -0.384. The number of esters is 1. The van der Waals surface area contributed by atoms with Gasteiger partial charge >= 0.3 is 11.7 Å². The molecule has 1 aromatic carbocycles. The number of benzene rings is 1. The van der Waals surface area contributed by atoms with Gasteiger partial charge in [-0.1, -0.05) is 18.2 Å². The normalized spacial score (nSPS) is 10.2. The summed E-state index contributed by atoms with van der Waals surface area (Å²) in [6.45, 7) is 0.144. The number of anilines is 2. The predicted molar refractivity (Wildman–Crippen MR) is 83.8 cm³/mol. The average Bonchev–Trinajstić information content (AvgIpc) is 2.55. The van der Waals surface area contributed by atoms with Crippen LogP contribution < -0.4 is 4.90 Å². The van der Waals surface area contributed by atoms with Crippen molar-refractivity contribution >= 4 is 34.8 Å². The van der Waals surface area contributed by atoms with Gasteiger partial charge in [0.15, 0.2) is 0 Å². The molecule has 0 aliphatic carbocycles. The van der Waals surface area contributed by atoms with Crippen LogP contribution >= 0.6 is 11.6 Å². The Morgan fingerprint density at radius 2 is 2.09 bits per heavy atom. The molecule has 23 heavy (non-hydrogen) atoms. The largest absolute Gasteiger partial charge is 0.469 e. The number of methoxy groups -OCH3 is 1. The first kappa shape index (κ1) is 16.6. The van der Waals surface area contributed by atoms with Crippen LogP contribution in [0.2, 0.25) is 5.28 Å². The third-order valence-electron chi connectivity index (χ3n) is 3.01. The summed E-state index contributed by atoms with van der Waals surface area (Å²) >= 11 is 5.78. The van der Waals surface area contributed by atoms with Crippen LogP contribution in [0.5, 0.6) is 0 Å². The highest BCUT2D eigenvalue weighted by Gasteiger charge is 2.24. The van der Waals surface area contributed by atoms with Crippen LogP contribution in [0.1, 0.15) is 6.42 Å². The Morgan fingerprint density at radius 1 is 1.39 bits per heavy atom. The molecular formula is C14H13ClN4O4. The maximum Gasteiger partial charge on any atom is 0.330 e. The fourth-order valence-corrected chi connectivity index (χ4v) is 2.07. The molecule has 0 atom stereocenters. The number of halogens is 1. The number of carbonyl (C=O) groups excluding carboxylic acids is 1. The molecule has 0 fully saturated rings. The molecule has 0 N–H and O–H groups in total. The second-order valence-corrected chi connectivity index (χ2v) is 4.76. The van der Waals surface area contributed by atoms with E-state index < -0.39 is 10.9 Å². The fraction of sp³-hybridized carbons (Fsp3) is 0.214. The van der Waals surface area contributed by atoms with Crippen LogP contribution in [0.3, 0.4) is 0 Å². The molecule has 0 unspecified atom stereocenters. The van der Waals surface area contributed by atoms with Gasteiger partial charge in [-0.2, -0.15) is 4.98 Å². The van der Waals surface area contributed by atoms with E-state index >= 15 is 0 Å². The van der Waals surface area contributed by atoms with Gasteiger partial charge in [-0.05, 0) is 23.7 Å². The zero-order chi connectivity index (χ0) is 16.8. The third kappa shape index (κ3) is 4.13.